The summed E-state index contributed by atoms with van der Waals surface area (Å²) < 4.78 is 18.6. The van der Waals surface area contributed by atoms with Crippen molar-refractivity contribution in [2.24, 2.45) is 0 Å². The Morgan fingerprint density at radius 3 is 2.23 bits per heavy atom. The molecule has 2 aromatic heterocycles. The number of nitrogens with one attached hydrogen (secondary N) is 1. The van der Waals surface area contributed by atoms with Gasteiger partial charge in [-0.25, -0.2) is 4.98 Å². The van der Waals surface area contributed by atoms with Crippen LogP contribution in [0.1, 0.15) is 5.56 Å². The van der Waals surface area contributed by atoms with Crippen LogP contribution in [0.15, 0.2) is 54.7 Å². The first-order chi connectivity index (χ1) is 14.7. The molecule has 0 amide bonds. The summed E-state index contributed by atoms with van der Waals surface area (Å²) in [7, 11) is 6.67. The van der Waals surface area contributed by atoms with Crippen LogP contribution in [-0.2, 0) is 6.54 Å². The Morgan fingerprint density at radius 1 is 0.933 bits per heavy atom. The summed E-state index contributed by atoms with van der Waals surface area (Å²) in [5.74, 6) is 2.51. The van der Waals surface area contributed by atoms with Crippen molar-refractivity contribution in [3.63, 3.8) is 0 Å². The Balaban J connectivity index is 1.85. The zero-order valence-corrected chi connectivity index (χ0v) is 17.5. The number of methoxy groups -OCH3 is 3. The Bertz CT molecular complexity index is 1150. The lowest BCUT2D eigenvalue weighted by molar-refractivity contribution is 0.324. The second-order valence-corrected chi connectivity index (χ2v) is 6.73. The van der Waals surface area contributed by atoms with Crippen LogP contribution >= 0.6 is 0 Å². The SMILES string of the molecule is CNc1nc2cnc(-c3cc(OC)c(OC)c(OC)c3)cc2n1Cc1ccccc1. The smallest absolute Gasteiger partial charge is 0.203 e. The van der Waals surface area contributed by atoms with Gasteiger partial charge in [0.2, 0.25) is 11.7 Å². The first kappa shape index (κ1) is 19.6. The average molecular weight is 404 g/mol. The third kappa shape index (κ3) is 3.50. The van der Waals surface area contributed by atoms with Gasteiger partial charge in [0.1, 0.15) is 5.52 Å². The van der Waals surface area contributed by atoms with Gasteiger partial charge in [0.15, 0.2) is 11.5 Å². The maximum Gasteiger partial charge on any atom is 0.203 e. The van der Waals surface area contributed by atoms with Crippen LogP contribution in [0.25, 0.3) is 22.3 Å². The minimum absolute atomic E-state index is 0.552. The number of imidazole rings is 1. The van der Waals surface area contributed by atoms with E-state index in [9.17, 15) is 0 Å². The summed E-state index contributed by atoms with van der Waals surface area (Å²) in [6.45, 7) is 0.701. The molecule has 0 bridgehead atoms. The van der Waals surface area contributed by atoms with Gasteiger partial charge in [-0.3, -0.25) is 4.98 Å². The summed E-state index contributed by atoms with van der Waals surface area (Å²) in [6, 6.07) is 16.1. The van der Waals surface area contributed by atoms with E-state index in [1.165, 1.54) is 5.56 Å². The number of benzene rings is 2. The number of anilines is 1. The molecule has 1 N–H and O–H groups in total. The number of ether oxygens (including phenoxy) is 3. The van der Waals surface area contributed by atoms with Gasteiger partial charge < -0.3 is 24.1 Å². The predicted molar refractivity (Wildman–Crippen MR) is 118 cm³/mol. The van der Waals surface area contributed by atoms with Gasteiger partial charge >= 0.3 is 0 Å². The van der Waals surface area contributed by atoms with E-state index in [-0.39, 0.29) is 0 Å². The Kier molecular flexibility index (Phi) is 5.43. The van der Waals surface area contributed by atoms with Crippen LogP contribution in [-0.4, -0.2) is 42.9 Å². The van der Waals surface area contributed by atoms with Gasteiger partial charge in [0, 0.05) is 12.6 Å². The third-order valence-corrected chi connectivity index (χ3v) is 5.00. The molecule has 0 saturated heterocycles. The Labute approximate surface area is 175 Å². The maximum absolute atomic E-state index is 5.49. The van der Waals surface area contributed by atoms with E-state index in [0.717, 1.165) is 28.2 Å². The van der Waals surface area contributed by atoms with Crippen molar-refractivity contribution < 1.29 is 14.2 Å². The highest BCUT2D eigenvalue weighted by Gasteiger charge is 2.17. The summed E-state index contributed by atoms with van der Waals surface area (Å²) in [5.41, 5.74) is 4.66. The molecule has 0 fully saturated rings. The van der Waals surface area contributed by atoms with Crippen LogP contribution < -0.4 is 19.5 Å². The molecule has 4 rings (SSSR count). The molecule has 154 valence electrons. The van der Waals surface area contributed by atoms with E-state index in [1.54, 1.807) is 27.5 Å². The van der Waals surface area contributed by atoms with E-state index in [0.29, 0.717) is 23.8 Å². The van der Waals surface area contributed by atoms with Crippen LogP contribution in [0, 0.1) is 0 Å². The quantitative estimate of drug-likeness (QED) is 0.497. The molecule has 7 heteroatoms. The third-order valence-electron chi connectivity index (χ3n) is 5.00. The normalized spacial score (nSPS) is 10.8. The summed E-state index contributed by atoms with van der Waals surface area (Å²) in [5, 5.41) is 3.18. The zero-order chi connectivity index (χ0) is 21.1. The minimum Gasteiger partial charge on any atom is -0.493 e. The number of hydrogen-bond donors (Lipinski definition) is 1. The summed E-state index contributed by atoms with van der Waals surface area (Å²) >= 11 is 0. The largest absolute Gasteiger partial charge is 0.493 e. The molecule has 0 saturated carbocycles. The van der Waals surface area contributed by atoms with Crippen molar-refractivity contribution in [2.45, 2.75) is 6.54 Å². The number of nitrogens with zero attached hydrogens (tertiary/aromatic N) is 3. The van der Waals surface area contributed by atoms with Gasteiger partial charge in [-0.05, 0) is 23.8 Å². The van der Waals surface area contributed by atoms with Gasteiger partial charge in [-0.2, -0.15) is 0 Å². The van der Waals surface area contributed by atoms with Crippen LogP contribution in [0.5, 0.6) is 17.2 Å². The fourth-order valence-electron chi connectivity index (χ4n) is 3.53. The molecule has 2 heterocycles. The lowest BCUT2D eigenvalue weighted by atomic mass is 10.1. The van der Waals surface area contributed by atoms with Crippen molar-refractivity contribution in [3.8, 4) is 28.5 Å². The number of pyridine rings is 1. The van der Waals surface area contributed by atoms with Crippen molar-refractivity contribution in [1.82, 2.24) is 14.5 Å². The molecule has 0 atom stereocenters. The van der Waals surface area contributed by atoms with Gasteiger partial charge in [-0.1, -0.05) is 30.3 Å². The number of hydrogen-bond acceptors (Lipinski definition) is 6. The number of aromatic nitrogens is 3. The zero-order valence-electron chi connectivity index (χ0n) is 17.5. The Hall–Kier alpha value is -3.74. The maximum atomic E-state index is 5.49. The molecule has 0 aliphatic rings. The van der Waals surface area contributed by atoms with Crippen molar-refractivity contribution >= 4 is 17.0 Å². The highest BCUT2D eigenvalue weighted by atomic mass is 16.5. The second kappa shape index (κ2) is 8.32. The van der Waals surface area contributed by atoms with Crippen molar-refractivity contribution in [1.29, 1.82) is 0 Å². The molecule has 0 aliphatic carbocycles. The highest BCUT2D eigenvalue weighted by Crippen LogP contribution is 2.41. The molecule has 30 heavy (non-hydrogen) atoms. The van der Waals surface area contributed by atoms with Gasteiger partial charge in [0.25, 0.3) is 0 Å². The first-order valence-electron chi connectivity index (χ1n) is 9.56. The molecule has 0 unspecified atom stereocenters. The highest BCUT2D eigenvalue weighted by molar-refractivity contribution is 5.83. The van der Waals surface area contributed by atoms with Crippen LogP contribution in [0.3, 0.4) is 0 Å². The van der Waals surface area contributed by atoms with Crippen molar-refractivity contribution in [3.05, 3.63) is 60.3 Å². The predicted octanol–water partition coefficient (Wildman–Crippen LogP) is 4.21. The fourth-order valence-corrected chi connectivity index (χ4v) is 3.53. The molecule has 0 radical (unpaired) electrons. The lowest BCUT2D eigenvalue weighted by Gasteiger charge is -2.14. The molecule has 2 aromatic carbocycles. The molecule has 0 aliphatic heterocycles. The van der Waals surface area contributed by atoms with E-state index >= 15 is 0 Å². The van der Waals surface area contributed by atoms with E-state index < -0.39 is 0 Å². The van der Waals surface area contributed by atoms with Crippen LogP contribution in [0.2, 0.25) is 0 Å². The molecule has 7 nitrogen and oxygen atoms in total. The Morgan fingerprint density at radius 2 is 1.63 bits per heavy atom. The minimum atomic E-state index is 0.552. The molecule has 4 aromatic rings. The van der Waals surface area contributed by atoms with E-state index in [2.05, 4.69) is 32.0 Å². The molecular formula is C23H24N4O3. The first-order valence-corrected chi connectivity index (χ1v) is 9.56. The summed E-state index contributed by atoms with van der Waals surface area (Å²) in [4.78, 5) is 9.30. The topological polar surface area (TPSA) is 70.4 Å². The van der Waals surface area contributed by atoms with Gasteiger partial charge in [0.05, 0.1) is 45.3 Å². The molecular weight excluding hydrogens is 380 g/mol. The second-order valence-electron chi connectivity index (χ2n) is 6.73. The monoisotopic (exact) mass is 404 g/mol. The number of rotatable bonds is 7. The van der Waals surface area contributed by atoms with Gasteiger partial charge in [-0.15, -0.1) is 0 Å². The summed E-state index contributed by atoms with van der Waals surface area (Å²) in [6.07, 6.45) is 1.79. The van der Waals surface area contributed by atoms with E-state index in [4.69, 9.17) is 14.2 Å². The average Bonchev–Trinajstić information content (AvgIpc) is 3.15. The lowest BCUT2D eigenvalue weighted by Crippen LogP contribution is -2.05. The standard InChI is InChI=1S/C23H24N4O3/c1-24-23-26-18-13-25-17(12-19(18)27(23)14-15-8-6-5-7-9-15)16-10-20(28-2)22(30-4)21(11-16)29-3/h5-13H,14H2,1-4H3,(H,24,26). The van der Waals surface area contributed by atoms with Crippen LogP contribution in [0.4, 0.5) is 5.95 Å². The van der Waals surface area contributed by atoms with Crippen molar-refractivity contribution in [2.75, 3.05) is 33.7 Å². The fraction of sp³-hybridized carbons (Fsp3) is 0.217. The van der Waals surface area contributed by atoms with E-state index in [1.807, 2.05) is 43.4 Å². The molecule has 0 spiro atoms. The number of fused-ring (bicyclic) bond motifs is 1.